The number of hydrogen-bond donors (Lipinski definition) is 3. The zero-order valence-electron chi connectivity index (χ0n) is 12.3. The molecular weight excluding hydrogens is 274 g/mol. The average Bonchev–Trinajstić information content (AvgIpc) is 2.61. The molecule has 0 aromatic carbocycles. The minimum Gasteiger partial charge on any atom is -0.392 e. The number of hydrogen-bond acceptors (Lipinski definition) is 3. The molecule has 1 aliphatic carbocycles. The molecule has 0 aromatic heterocycles. The predicted octanol–water partition coefficient (Wildman–Crippen LogP) is 1.25. The van der Waals surface area contributed by atoms with Crippen LogP contribution in [0.3, 0.4) is 0 Å². The summed E-state index contributed by atoms with van der Waals surface area (Å²) in [6.45, 7) is 3.73. The van der Waals surface area contributed by atoms with Crippen molar-refractivity contribution in [1.82, 2.24) is 10.6 Å². The number of nitrogens with two attached hydrogens (primary N) is 1. The van der Waals surface area contributed by atoms with Crippen molar-refractivity contribution < 1.29 is 9.59 Å². The molecule has 1 saturated carbocycles. The highest BCUT2D eigenvalue weighted by molar-refractivity contribution is 7.80. The lowest BCUT2D eigenvalue weighted by atomic mass is 9.79. The van der Waals surface area contributed by atoms with E-state index in [-0.39, 0.29) is 29.4 Å². The maximum atomic E-state index is 12.4. The van der Waals surface area contributed by atoms with Crippen molar-refractivity contribution in [3.05, 3.63) is 0 Å². The molecule has 0 radical (unpaired) electrons. The molecule has 6 heteroatoms. The fourth-order valence-electron chi connectivity index (χ4n) is 2.62. The van der Waals surface area contributed by atoms with Gasteiger partial charge in [0, 0.05) is 6.04 Å². The van der Waals surface area contributed by atoms with Gasteiger partial charge < -0.3 is 16.4 Å². The lowest BCUT2D eigenvalue weighted by Crippen LogP contribution is -2.51. The van der Waals surface area contributed by atoms with Gasteiger partial charge in [0.15, 0.2) is 0 Å². The second-order valence-corrected chi connectivity index (χ2v) is 6.21. The number of thiocarbonyl (C=S) groups is 1. The van der Waals surface area contributed by atoms with E-state index in [2.05, 4.69) is 10.6 Å². The van der Waals surface area contributed by atoms with E-state index in [1.807, 2.05) is 13.8 Å². The highest BCUT2D eigenvalue weighted by Gasteiger charge is 2.41. The van der Waals surface area contributed by atoms with Crippen molar-refractivity contribution in [2.24, 2.45) is 11.1 Å². The Hall–Kier alpha value is -1.17. The minimum atomic E-state index is -0.774. The van der Waals surface area contributed by atoms with Gasteiger partial charge in [-0.15, -0.1) is 0 Å². The Balaban J connectivity index is 2.65. The van der Waals surface area contributed by atoms with E-state index in [1.165, 1.54) is 0 Å². The van der Waals surface area contributed by atoms with Gasteiger partial charge >= 0.3 is 0 Å². The summed E-state index contributed by atoms with van der Waals surface area (Å²) in [6, 6.07) is 0.0572. The van der Waals surface area contributed by atoms with Crippen molar-refractivity contribution >= 4 is 29.0 Å². The standard InChI is InChI=1S/C14H25N3O2S/c1-10(2)17-11(18)9-16-13(19)14(12(15)20)7-5-3-4-6-8-14/h10H,3-9H2,1-2H3,(H2,15,20)(H,16,19)(H,17,18). The molecule has 1 rings (SSSR count). The first kappa shape index (κ1) is 16.9. The van der Waals surface area contributed by atoms with Crippen LogP contribution in [0.5, 0.6) is 0 Å². The Bertz CT molecular complexity index is 375. The van der Waals surface area contributed by atoms with Crippen LogP contribution in [0.15, 0.2) is 0 Å². The van der Waals surface area contributed by atoms with Gasteiger partial charge in [-0.3, -0.25) is 9.59 Å². The van der Waals surface area contributed by atoms with Gasteiger partial charge in [-0.25, -0.2) is 0 Å². The summed E-state index contributed by atoms with van der Waals surface area (Å²) in [5.74, 6) is -0.397. The number of amides is 2. The third-order valence-corrected chi connectivity index (χ3v) is 4.11. The Morgan fingerprint density at radius 1 is 1.20 bits per heavy atom. The zero-order valence-corrected chi connectivity index (χ0v) is 13.1. The first-order valence-electron chi connectivity index (χ1n) is 7.26. The molecule has 0 atom stereocenters. The summed E-state index contributed by atoms with van der Waals surface area (Å²) in [5, 5.41) is 5.43. The second kappa shape index (κ2) is 7.57. The summed E-state index contributed by atoms with van der Waals surface area (Å²) in [5.41, 5.74) is 5.06. The molecule has 1 aliphatic rings. The quantitative estimate of drug-likeness (QED) is 0.527. The Morgan fingerprint density at radius 3 is 2.20 bits per heavy atom. The third-order valence-electron chi connectivity index (χ3n) is 3.72. The fraction of sp³-hybridized carbons (Fsp3) is 0.786. The lowest BCUT2D eigenvalue weighted by Gasteiger charge is -2.30. The molecule has 20 heavy (non-hydrogen) atoms. The van der Waals surface area contributed by atoms with Crippen molar-refractivity contribution in [3.63, 3.8) is 0 Å². The fourth-order valence-corrected chi connectivity index (χ4v) is 2.92. The normalized spacial score (nSPS) is 18.1. The largest absolute Gasteiger partial charge is 0.392 e. The number of carbonyl (C=O) groups is 2. The highest BCUT2D eigenvalue weighted by Crippen LogP contribution is 2.35. The minimum absolute atomic E-state index is 0.0264. The van der Waals surface area contributed by atoms with Crippen LogP contribution in [-0.2, 0) is 9.59 Å². The van der Waals surface area contributed by atoms with Crippen LogP contribution >= 0.6 is 12.2 Å². The number of rotatable bonds is 5. The van der Waals surface area contributed by atoms with Crippen LogP contribution in [-0.4, -0.2) is 29.4 Å². The van der Waals surface area contributed by atoms with Crippen LogP contribution in [0.1, 0.15) is 52.4 Å². The van der Waals surface area contributed by atoms with E-state index in [4.69, 9.17) is 18.0 Å². The SMILES string of the molecule is CC(C)NC(=O)CNC(=O)C1(C(N)=S)CCCCCC1. The van der Waals surface area contributed by atoms with E-state index < -0.39 is 5.41 Å². The van der Waals surface area contributed by atoms with Crippen LogP contribution in [0.2, 0.25) is 0 Å². The molecule has 5 nitrogen and oxygen atoms in total. The molecule has 0 bridgehead atoms. The second-order valence-electron chi connectivity index (χ2n) is 5.77. The molecule has 0 heterocycles. The summed E-state index contributed by atoms with van der Waals surface area (Å²) in [6.07, 6.45) is 5.46. The smallest absolute Gasteiger partial charge is 0.239 e. The van der Waals surface area contributed by atoms with Crippen molar-refractivity contribution in [2.45, 2.75) is 58.4 Å². The molecule has 1 fully saturated rings. The predicted molar refractivity (Wildman–Crippen MR) is 83.2 cm³/mol. The van der Waals surface area contributed by atoms with Gasteiger partial charge in [0.2, 0.25) is 11.8 Å². The summed E-state index contributed by atoms with van der Waals surface area (Å²) < 4.78 is 0. The Kier molecular flexibility index (Phi) is 6.39. The maximum absolute atomic E-state index is 12.4. The van der Waals surface area contributed by atoms with E-state index in [0.29, 0.717) is 12.8 Å². The van der Waals surface area contributed by atoms with E-state index in [1.54, 1.807) is 0 Å². The molecule has 2 amide bonds. The van der Waals surface area contributed by atoms with Crippen LogP contribution < -0.4 is 16.4 Å². The van der Waals surface area contributed by atoms with Crippen LogP contribution in [0, 0.1) is 5.41 Å². The third kappa shape index (κ3) is 4.44. The molecule has 0 spiro atoms. The monoisotopic (exact) mass is 299 g/mol. The summed E-state index contributed by atoms with van der Waals surface area (Å²) in [4.78, 5) is 24.3. The van der Waals surface area contributed by atoms with Crippen molar-refractivity contribution in [1.29, 1.82) is 0 Å². The maximum Gasteiger partial charge on any atom is 0.239 e. The van der Waals surface area contributed by atoms with Gasteiger partial charge in [-0.1, -0.05) is 37.9 Å². The summed E-state index contributed by atoms with van der Waals surface area (Å²) in [7, 11) is 0. The highest BCUT2D eigenvalue weighted by atomic mass is 32.1. The number of nitrogens with one attached hydrogen (secondary N) is 2. The molecule has 4 N–H and O–H groups in total. The average molecular weight is 299 g/mol. The first-order valence-corrected chi connectivity index (χ1v) is 7.67. The van der Waals surface area contributed by atoms with Gasteiger partial charge in [-0.05, 0) is 26.7 Å². The number of carbonyl (C=O) groups excluding carboxylic acids is 2. The van der Waals surface area contributed by atoms with Gasteiger partial charge in [0.1, 0.15) is 0 Å². The molecule has 0 unspecified atom stereocenters. The molecular formula is C14H25N3O2S. The first-order chi connectivity index (χ1) is 9.38. The van der Waals surface area contributed by atoms with E-state index in [9.17, 15) is 9.59 Å². The van der Waals surface area contributed by atoms with Crippen LogP contribution in [0.4, 0.5) is 0 Å². The lowest BCUT2D eigenvalue weighted by molar-refractivity contribution is -0.131. The molecule has 0 aliphatic heterocycles. The van der Waals surface area contributed by atoms with Crippen molar-refractivity contribution in [2.75, 3.05) is 6.54 Å². The van der Waals surface area contributed by atoms with Gasteiger partial charge in [-0.2, -0.15) is 0 Å². The van der Waals surface area contributed by atoms with Gasteiger partial charge in [0.25, 0.3) is 0 Å². The molecule has 114 valence electrons. The van der Waals surface area contributed by atoms with Crippen molar-refractivity contribution in [3.8, 4) is 0 Å². The molecule has 0 aromatic rings. The van der Waals surface area contributed by atoms with E-state index >= 15 is 0 Å². The molecule has 0 saturated heterocycles. The zero-order chi connectivity index (χ0) is 15.2. The van der Waals surface area contributed by atoms with E-state index in [0.717, 1.165) is 25.7 Å². The van der Waals surface area contributed by atoms with Gasteiger partial charge in [0.05, 0.1) is 16.9 Å². The Labute approximate surface area is 126 Å². The topological polar surface area (TPSA) is 84.2 Å². The van der Waals surface area contributed by atoms with Crippen LogP contribution in [0.25, 0.3) is 0 Å². The summed E-state index contributed by atoms with van der Waals surface area (Å²) >= 11 is 5.13. The Morgan fingerprint density at radius 2 is 1.75 bits per heavy atom.